The van der Waals surface area contributed by atoms with Crippen molar-refractivity contribution in [2.75, 3.05) is 18.7 Å². The molecular formula is C18H19NO2S. The van der Waals surface area contributed by atoms with E-state index in [1.165, 1.54) is 12.0 Å². The first-order valence-corrected chi connectivity index (χ1v) is 8.11. The van der Waals surface area contributed by atoms with E-state index in [0.29, 0.717) is 5.57 Å². The van der Waals surface area contributed by atoms with Gasteiger partial charge in [-0.15, -0.1) is 11.8 Å². The highest BCUT2D eigenvalue weighted by atomic mass is 32.2. The Morgan fingerprint density at radius 3 is 2.32 bits per heavy atom. The summed E-state index contributed by atoms with van der Waals surface area (Å²) in [6.45, 7) is 3.89. The number of esters is 1. The zero-order chi connectivity index (χ0) is 15.9. The number of thioether (sulfide) groups is 1. The number of hydrogen-bond donors (Lipinski definition) is 1. The van der Waals surface area contributed by atoms with Gasteiger partial charge in [-0.25, -0.2) is 4.79 Å². The number of carbonyl (C=O) groups excluding carboxylic acids is 1. The molecule has 2 aromatic rings. The largest absolute Gasteiger partial charge is 0.466 e. The third-order valence-electron chi connectivity index (χ3n) is 3.33. The van der Waals surface area contributed by atoms with Gasteiger partial charge in [0.15, 0.2) is 0 Å². The van der Waals surface area contributed by atoms with Crippen molar-refractivity contribution in [2.45, 2.75) is 10.9 Å². The molecule has 22 heavy (non-hydrogen) atoms. The molecular weight excluding hydrogens is 294 g/mol. The van der Waals surface area contributed by atoms with Crippen molar-refractivity contribution in [1.29, 1.82) is 0 Å². The molecule has 0 fully saturated rings. The van der Waals surface area contributed by atoms with Gasteiger partial charge in [0.05, 0.1) is 18.7 Å². The highest BCUT2D eigenvalue weighted by Crippen LogP contribution is 2.27. The molecule has 0 bridgehead atoms. The predicted octanol–water partition coefficient (Wildman–Crippen LogP) is 4.29. The number of methoxy groups -OCH3 is 1. The van der Waals surface area contributed by atoms with Gasteiger partial charge in [0.2, 0.25) is 0 Å². The van der Waals surface area contributed by atoms with E-state index >= 15 is 0 Å². The van der Waals surface area contributed by atoms with Gasteiger partial charge < -0.3 is 10.1 Å². The standard InChI is InChI=1S/C18H19NO2S/c1-13(18(20)21-2)17(14-7-5-4-6-8-14)19-15-9-11-16(22-3)12-10-15/h4-12,17,19H,1H2,2-3H3/t17-/m0/s1. The zero-order valence-corrected chi connectivity index (χ0v) is 13.5. The molecule has 114 valence electrons. The van der Waals surface area contributed by atoms with Crippen LogP contribution in [0.2, 0.25) is 0 Å². The molecule has 0 aliphatic carbocycles. The van der Waals surface area contributed by atoms with Crippen LogP contribution in [0, 0.1) is 0 Å². The van der Waals surface area contributed by atoms with Gasteiger partial charge in [0.1, 0.15) is 0 Å². The molecule has 1 atom stereocenters. The van der Waals surface area contributed by atoms with Crippen molar-refractivity contribution >= 4 is 23.4 Å². The molecule has 2 rings (SSSR count). The van der Waals surface area contributed by atoms with Crippen molar-refractivity contribution in [3.05, 3.63) is 72.3 Å². The average Bonchev–Trinajstić information content (AvgIpc) is 2.59. The van der Waals surface area contributed by atoms with Crippen LogP contribution >= 0.6 is 11.8 Å². The topological polar surface area (TPSA) is 38.3 Å². The fraction of sp³-hybridized carbons (Fsp3) is 0.167. The number of carbonyl (C=O) groups is 1. The molecule has 0 spiro atoms. The van der Waals surface area contributed by atoms with Crippen LogP contribution in [-0.4, -0.2) is 19.3 Å². The van der Waals surface area contributed by atoms with Crippen molar-refractivity contribution in [3.63, 3.8) is 0 Å². The molecule has 0 saturated carbocycles. The Kier molecular flexibility index (Phi) is 5.67. The van der Waals surface area contributed by atoms with E-state index in [9.17, 15) is 4.79 Å². The van der Waals surface area contributed by atoms with Gasteiger partial charge in [0.25, 0.3) is 0 Å². The minimum Gasteiger partial charge on any atom is -0.466 e. The van der Waals surface area contributed by atoms with Crippen molar-refractivity contribution < 1.29 is 9.53 Å². The van der Waals surface area contributed by atoms with E-state index in [-0.39, 0.29) is 6.04 Å². The number of benzene rings is 2. The Labute approximate surface area is 135 Å². The Morgan fingerprint density at radius 1 is 1.14 bits per heavy atom. The van der Waals surface area contributed by atoms with Gasteiger partial charge in [-0.1, -0.05) is 36.9 Å². The highest BCUT2D eigenvalue weighted by Gasteiger charge is 2.21. The molecule has 0 aliphatic rings. The summed E-state index contributed by atoms with van der Waals surface area (Å²) in [6, 6.07) is 17.5. The van der Waals surface area contributed by atoms with Gasteiger partial charge in [-0.05, 0) is 36.1 Å². The first kappa shape index (κ1) is 16.2. The van der Waals surface area contributed by atoms with E-state index in [4.69, 9.17) is 4.74 Å². The second-order valence-electron chi connectivity index (χ2n) is 4.73. The van der Waals surface area contributed by atoms with E-state index in [1.807, 2.05) is 60.9 Å². The van der Waals surface area contributed by atoms with Crippen LogP contribution < -0.4 is 5.32 Å². The van der Waals surface area contributed by atoms with Crippen LogP contribution in [0.3, 0.4) is 0 Å². The Balaban J connectivity index is 2.27. The second kappa shape index (κ2) is 7.71. The molecule has 0 unspecified atom stereocenters. The van der Waals surface area contributed by atoms with E-state index < -0.39 is 5.97 Å². The summed E-state index contributed by atoms with van der Waals surface area (Å²) in [4.78, 5) is 13.0. The summed E-state index contributed by atoms with van der Waals surface area (Å²) in [6.07, 6.45) is 2.04. The summed E-state index contributed by atoms with van der Waals surface area (Å²) >= 11 is 1.69. The lowest BCUT2D eigenvalue weighted by Gasteiger charge is -2.21. The average molecular weight is 313 g/mol. The fourth-order valence-electron chi connectivity index (χ4n) is 2.12. The Bertz CT molecular complexity index is 638. The smallest absolute Gasteiger partial charge is 0.335 e. The van der Waals surface area contributed by atoms with Crippen LogP contribution in [0.15, 0.2) is 71.6 Å². The highest BCUT2D eigenvalue weighted by molar-refractivity contribution is 7.98. The van der Waals surface area contributed by atoms with Gasteiger partial charge >= 0.3 is 5.97 Å². The van der Waals surface area contributed by atoms with Crippen molar-refractivity contribution in [3.8, 4) is 0 Å². The summed E-state index contributed by atoms with van der Waals surface area (Å²) in [5.74, 6) is -0.415. The molecule has 0 heterocycles. The fourth-order valence-corrected chi connectivity index (χ4v) is 2.53. The quantitative estimate of drug-likeness (QED) is 0.490. The van der Waals surface area contributed by atoms with Gasteiger partial charge in [-0.3, -0.25) is 0 Å². The molecule has 0 aromatic heterocycles. The molecule has 0 radical (unpaired) electrons. The lowest BCUT2D eigenvalue weighted by Crippen LogP contribution is -2.19. The van der Waals surface area contributed by atoms with E-state index in [1.54, 1.807) is 11.8 Å². The van der Waals surface area contributed by atoms with Crippen molar-refractivity contribution in [2.24, 2.45) is 0 Å². The SMILES string of the molecule is C=C(C(=O)OC)[C@H](Nc1ccc(SC)cc1)c1ccccc1. The number of anilines is 1. The van der Waals surface area contributed by atoms with E-state index in [2.05, 4.69) is 11.9 Å². The number of hydrogen-bond acceptors (Lipinski definition) is 4. The Hall–Kier alpha value is -2.20. The Morgan fingerprint density at radius 2 is 1.77 bits per heavy atom. The maximum atomic E-state index is 11.9. The predicted molar refractivity (Wildman–Crippen MR) is 92.2 cm³/mol. The molecule has 3 nitrogen and oxygen atoms in total. The van der Waals surface area contributed by atoms with Crippen LogP contribution in [0.25, 0.3) is 0 Å². The van der Waals surface area contributed by atoms with Crippen LogP contribution in [-0.2, 0) is 9.53 Å². The zero-order valence-electron chi connectivity index (χ0n) is 12.7. The molecule has 0 aliphatic heterocycles. The molecule has 0 amide bonds. The summed E-state index contributed by atoms with van der Waals surface area (Å²) in [7, 11) is 1.36. The normalized spacial score (nSPS) is 11.5. The maximum Gasteiger partial charge on any atom is 0.335 e. The number of rotatable bonds is 6. The van der Waals surface area contributed by atoms with Crippen molar-refractivity contribution in [1.82, 2.24) is 0 Å². The maximum absolute atomic E-state index is 11.9. The molecule has 0 saturated heterocycles. The summed E-state index contributed by atoms with van der Waals surface area (Å²) < 4.78 is 4.81. The van der Waals surface area contributed by atoms with Crippen LogP contribution in [0.5, 0.6) is 0 Å². The third-order valence-corrected chi connectivity index (χ3v) is 4.07. The molecule has 2 aromatic carbocycles. The lowest BCUT2D eigenvalue weighted by atomic mass is 9.99. The molecule has 1 N–H and O–H groups in total. The third kappa shape index (κ3) is 3.92. The number of ether oxygens (including phenoxy) is 1. The number of nitrogens with one attached hydrogen (secondary N) is 1. The van der Waals surface area contributed by atoms with Gasteiger partial charge in [0, 0.05) is 10.6 Å². The van der Waals surface area contributed by atoms with E-state index in [0.717, 1.165) is 11.3 Å². The van der Waals surface area contributed by atoms with Crippen LogP contribution in [0.1, 0.15) is 11.6 Å². The summed E-state index contributed by atoms with van der Waals surface area (Å²) in [5.41, 5.74) is 2.27. The monoisotopic (exact) mass is 313 g/mol. The first-order valence-electron chi connectivity index (χ1n) is 6.88. The molecule has 4 heteroatoms. The van der Waals surface area contributed by atoms with Gasteiger partial charge in [-0.2, -0.15) is 0 Å². The second-order valence-corrected chi connectivity index (χ2v) is 5.61. The minimum absolute atomic E-state index is 0.325. The minimum atomic E-state index is -0.415. The first-order chi connectivity index (χ1) is 10.7. The van der Waals surface area contributed by atoms with Crippen LogP contribution in [0.4, 0.5) is 5.69 Å². The summed E-state index contributed by atoms with van der Waals surface area (Å²) in [5, 5.41) is 3.35. The lowest BCUT2D eigenvalue weighted by molar-refractivity contribution is -0.136.